The fourth-order valence-electron chi connectivity index (χ4n) is 1.47. The summed E-state index contributed by atoms with van der Waals surface area (Å²) in [5.41, 5.74) is 0.735. The topological polar surface area (TPSA) is 41.5 Å². The highest BCUT2D eigenvalue weighted by Gasteiger charge is 2.06. The summed E-state index contributed by atoms with van der Waals surface area (Å²) in [4.78, 5) is 0. The fraction of sp³-hybridized carbons (Fsp3) is 0.538. The molecule has 0 aliphatic carbocycles. The highest BCUT2D eigenvalue weighted by atomic mass is 19.1. The van der Waals surface area contributed by atoms with Crippen molar-refractivity contribution in [2.75, 3.05) is 19.7 Å². The van der Waals surface area contributed by atoms with Crippen LogP contribution in [0.15, 0.2) is 18.2 Å². The van der Waals surface area contributed by atoms with Crippen LogP contribution in [0.5, 0.6) is 5.75 Å². The minimum absolute atomic E-state index is 0.211. The fourth-order valence-corrected chi connectivity index (χ4v) is 1.47. The number of rotatable bonds is 7. The van der Waals surface area contributed by atoms with Crippen molar-refractivity contribution in [1.29, 1.82) is 0 Å². The van der Waals surface area contributed by atoms with Gasteiger partial charge in [0.15, 0.2) is 0 Å². The first-order valence-electron chi connectivity index (χ1n) is 5.91. The lowest BCUT2D eigenvalue weighted by Crippen LogP contribution is -2.31. The molecule has 0 spiro atoms. The number of aryl methyl sites for hydroxylation is 1. The van der Waals surface area contributed by atoms with E-state index in [0.717, 1.165) is 18.5 Å². The molecule has 0 aromatic heterocycles. The first-order chi connectivity index (χ1) is 8.13. The average molecular weight is 241 g/mol. The van der Waals surface area contributed by atoms with Gasteiger partial charge in [0.25, 0.3) is 0 Å². The summed E-state index contributed by atoms with van der Waals surface area (Å²) in [7, 11) is 0. The number of aliphatic hydroxyl groups excluding tert-OH is 1. The van der Waals surface area contributed by atoms with E-state index in [1.807, 2.05) is 0 Å². The number of hydrogen-bond acceptors (Lipinski definition) is 3. The Morgan fingerprint density at radius 3 is 2.88 bits per heavy atom. The Morgan fingerprint density at radius 1 is 1.47 bits per heavy atom. The second-order valence-corrected chi connectivity index (χ2v) is 4.08. The largest absolute Gasteiger partial charge is 0.491 e. The van der Waals surface area contributed by atoms with Crippen molar-refractivity contribution in [1.82, 2.24) is 5.32 Å². The van der Waals surface area contributed by atoms with Crippen molar-refractivity contribution in [3.05, 3.63) is 29.6 Å². The van der Waals surface area contributed by atoms with Gasteiger partial charge in [0.2, 0.25) is 0 Å². The Hall–Kier alpha value is -1.13. The monoisotopic (exact) mass is 241 g/mol. The van der Waals surface area contributed by atoms with Gasteiger partial charge in [-0.15, -0.1) is 0 Å². The lowest BCUT2D eigenvalue weighted by atomic mass is 10.2. The molecule has 3 nitrogen and oxygen atoms in total. The molecule has 0 heterocycles. The van der Waals surface area contributed by atoms with E-state index in [1.54, 1.807) is 13.0 Å². The molecule has 17 heavy (non-hydrogen) atoms. The highest BCUT2D eigenvalue weighted by molar-refractivity contribution is 5.32. The SMILES string of the molecule is CCCNCC(O)COc1ccc(F)cc1C. The first kappa shape index (κ1) is 13.9. The second kappa shape index (κ2) is 7.25. The molecule has 1 rings (SSSR count). The Morgan fingerprint density at radius 2 is 2.24 bits per heavy atom. The molecule has 0 aliphatic rings. The van der Waals surface area contributed by atoms with Gasteiger partial charge in [-0.05, 0) is 43.7 Å². The van der Waals surface area contributed by atoms with E-state index in [-0.39, 0.29) is 12.4 Å². The Kier molecular flexibility index (Phi) is 5.94. The van der Waals surface area contributed by atoms with Crippen LogP contribution in [0.3, 0.4) is 0 Å². The quantitative estimate of drug-likeness (QED) is 0.716. The highest BCUT2D eigenvalue weighted by Crippen LogP contribution is 2.18. The van der Waals surface area contributed by atoms with E-state index in [4.69, 9.17) is 4.74 Å². The van der Waals surface area contributed by atoms with Crippen LogP contribution in [0.1, 0.15) is 18.9 Å². The van der Waals surface area contributed by atoms with Crippen LogP contribution in [-0.2, 0) is 0 Å². The first-order valence-corrected chi connectivity index (χ1v) is 5.91. The lowest BCUT2D eigenvalue weighted by molar-refractivity contribution is 0.106. The predicted octanol–water partition coefficient (Wildman–Crippen LogP) is 1.87. The maximum Gasteiger partial charge on any atom is 0.123 e. The van der Waals surface area contributed by atoms with Gasteiger partial charge in [-0.3, -0.25) is 0 Å². The maximum atomic E-state index is 12.8. The molecule has 2 N–H and O–H groups in total. The summed E-state index contributed by atoms with van der Waals surface area (Å²) < 4.78 is 18.3. The molecule has 0 fully saturated rings. The number of aliphatic hydroxyl groups is 1. The molecule has 1 aromatic carbocycles. The minimum Gasteiger partial charge on any atom is -0.491 e. The van der Waals surface area contributed by atoms with Gasteiger partial charge in [-0.1, -0.05) is 6.92 Å². The molecule has 4 heteroatoms. The molecular weight excluding hydrogens is 221 g/mol. The summed E-state index contributed by atoms with van der Waals surface area (Å²) in [5, 5.41) is 12.7. The zero-order chi connectivity index (χ0) is 12.7. The minimum atomic E-state index is -0.550. The molecule has 0 bridgehead atoms. The van der Waals surface area contributed by atoms with E-state index in [1.165, 1.54) is 12.1 Å². The molecular formula is C13H20FNO2. The lowest BCUT2D eigenvalue weighted by Gasteiger charge is -2.14. The van der Waals surface area contributed by atoms with E-state index in [2.05, 4.69) is 12.2 Å². The molecule has 1 unspecified atom stereocenters. The van der Waals surface area contributed by atoms with Gasteiger partial charge in [-0.25, -0.2) is 4.39 Å². The van der Waals surface area contributed by atoms with Crippen molar-refractivity contribution in [2.24, 2.45) is 0 Å². The van der Waals surface area contributed by atoms with E-state index >= 15 is 0 Å². The van der Waals surface area contributed by atoms with Crippen LogP contribution >= 0.6 is 0 Å². The number of halogens is 1. The van der Waals surface area contributed by atoms with Crippen LogP contribution in [0.2, 0.25) is 0 Å². The summed E-state index contributed by atoms with van der Waals surface area (Å²) >= 11 is 0. The van der Waals surface area contributed by atoms with Crippen LogP contribution in [0.25, 0.3) is 0 Å². The molecule has 0 radical (unpaired) electrons. The van der Waals surface area contributed by atoms with Gasteiger partial charge in [-0.2, -0.15) is 0 Å². The third kappa shape index (κ3) is 5.15. The summed E-state index contributed by atoms with van der Waals surface area (Å²) in [6.45, 7) is 5.45. The number of hydrogen-bond donors (Lipinski definition) is 2. The zero-order valence-electron chi connectivity index (χ0n) is 10.4. The van der Waals surface area contributed by atoms with Crippen LogP contribution < -0.4 is 10.1 Å². The van der Waals surface area contributed by atoms with Gasteiger partial charge >= 0.3 is 0 Å². The number of ether oxygens (including phenoxy) is 1. The third-order valence-electron chi connectivity index (χ3n) is 2.37. The van der Waals surface area contributed by atoms with E-state index < -0.39 is 6.10 Å². The average Bonchev–Trinajstić information content (AvgIpc) is 2.28. The van der Waals surface area contributed by atoms with Crippen LogP contribution in [0.4, 0.5) is 4.39 Å². The van der Waals surface area contributed by atoms with E-state index in [9.17, 15) is 9.50 Å². The molecule has 0 aliphatic heterocycles. The van der Waals surface area contributed by atoms with Gasteiger partial charge in [0.05, 0.1) is 0 Å². The smallest absolute Gasteiger partial charge is 0.123 e. The molecule has 0 saturated carbocycles. The maximum absolute atomic E-state index is 12.8. The Balaban J connectivity index is 2.34. The van der Waals surface area contributed by atoms with Crippen molar-refractivity contribution in [3.8, 4) is 5.75 Å². The standard InChI is InChI=1S/C13H20FNO2/c1-3-6-15-8-12(16)9-17-13-5-4-11(14)7-10(13)2/h4-5,7,12,15-16H,3,6,8-9H2,1-2H3. The van der Waals surface area contributed by atoms with E-state index in [0.29, 0.717) is 12.3 Å². The summed E-state index contributed by atoms with van der Waals surface area (Å²) in [6.07, 6.45) is 0.482. The molecule has 0 saturated heterocycles. The van der Waals surface area contributed by atoms with Crippen molar-refractivity contribution in [3.63, 3.8) is 0 Å². The van der Waals surface area contributed by atoms with Crippen LogP contribution in [0, 0.1) is 12.7 Å². The van der Waals surface area contributed by atoms with Gasteiger partial charge in [0.1, 0.15) is 24.3 Å². The summed E-state index contributed by atoms with van der Waals surface area (Å²) in [5.74, 6) is 0.334. The second-order valence-electron chi connectivity index (χ2n) is 4.08. The molecule has 1 aromatic rings. The zero-order valence-corrected chi connectivity index (χ0v) is 10.4. The molecule has 1 atom stereocenters. The Labute approximate surface area is 102 Å². The number of benzene rings is 1. The third-order valence-corrected chi connectivity index (χ3v) is 2.37. The van der Waals surface area contributed by atoms with Crippen LogP contribution in [-0.4, -0.2) is 30.9 Å². The van der Waals surface area contributed by atoms with Crippen molar-refractivity contribution in [2.45, 2.75) is 26.4 Å². The molecule has 0 amide bonds. The summed E-state index contributed by atoms with van der Waals surface area (Å²) in [6, 6.07) is 4.35. The van der Waals surface area contributed by atoms with Gasteiger partial charge in [0, 0.05) is 6.54 Å². The number of nitrogens with one attached hydrogen (secondary N) is 1. The predicted molar refractivity (Wildman–Crippen MR) is 65.8 cm³/mol. The van der Waals surface area contributed by atoms with Crippen molar-refractivity contribution < 1.29 is 14.2 Å². The van der Waals surface area contributed by atoms with Gasteiger partial charge < -0.3 is 15.2 Å². The Bertz CT molecular complexity index is 344. The normalized spacial score (nSPS) is 12.5. The van der Waals surface area contributed by atoms with Crippen molar-refractivity contribution >= 4 is 0 Å². The molecule has 96 valence electrons.